The number of carbonyl (C=O) groups excluding carboxylic acids is 2. The Kier molecular flexibility index (Phi) is 3.20. The van der Waals surface area contributed by atoms with E-state index in [-0.39, 0.29) is 17.5 Å². The average Bonchev–Trinajstić information content (AvgIpc) is 2.08. The smallest absolute Gasteiger partial charge is 0.205 e. The van der Waals surface area contributed by atoms with Gasteiger partial charge >= 0.3 is 0 Å². The Morgan fingerprint density at radius 2 is 2.25 bits per heavy atom. The summed E-state index contributed by atoms with van der Waals surface area (Å²) in [6.45, 7) is 2.02. The minimum absolute atomic E-state index is 0.119. The van der Waals surface area contributed by atoms with Crippen LogP contribution in [0.3, 0.4) is 0 Å². The quantitative estimate of drug-likeness (QED) is 0.463. The van der Waals surface area contributed by atoms with Crippen molar-refractivity contribution in [3.8, 4) is 0 Å². The Morgan fingerprint density at radius 1 is 1.50 bits per heavy atom. The molecule has 0 aromatic heterocycles. The third-order valence-corrected chi connectivity index (χ3v) is 2.13. The molecule has 1 aliphatic carbocycles. The molecule has 0 spiro atoms. The van der Waals surface area contributed by atoms with Gasteiger partial charge in [0.15, 0.2) is 5.78 Å². The molecular formula is C10H14O2. The van der Waals surface area contributed by atoms with Crippen LogP contribution in [0.2, 0.25) is 0 Å². The van der Waals surface area contributed by atoms with Gasteiger partial charge in [-0.05, 0) is 19.3 Å². The van der Waals surface area contributed by atoms with Gasteiger partial charge in [0.2, 0.25) is 5.78 Å². The first-order valence-electron chi connectivity index (χ1n) is 4.49. The van der Waals surface area contributed by atoms with Gasteiger partial charge in [-0.2, -0.15) is 0 Å². The van der Waals surface area contributed by atoms with Crippen molar-refractivity contribution in [1.82, 2.24) is 0 Å². The van der Waals surface area contributed by atoms with Crippen LogP contribution in [0, 0.1) is 5.92 Å². The first-order valence-corrected chi connectivity index (χ1v) is 4.49. The molecule has 0 aromatic rings. The summed E-state index contributed by atoms with van der Waals surface area (Å²) in [5.41, 5.74) is 0. The molecule has 1 aliphatic rings. The van der Waals surface area contributed by atoms with Crippen molar-refractivity contribution in [2.75, 3.05) is 0 Å². The number of hydrogen-bond donors (Lipinski definition) is 0. The van der Waals surface area contributed by atoms with Crippen molar-refractivity contribution < 1.29 is 9.59 Å². The van der Waals surface area contributed by atoms with Gasteiger partial charge in [-0.15, -0.1) is 0 Å². The van der Waals surface area contributed by atoms with Crippen LogP contribution in [0.4, 0.5) is 0 Å². The summed E-state index contributed by atoms with van der Waals surface area (Å²) in [6, 6.07) is 0. The molecule has 1 atom stereocenters. The number of Topliss-reactive ketones (excluding diaryl/α,β-unsaturated/α-hetero) is 2. The van der Waals surface area contributed by atoms with Gasteiger partial charge in [0.1, 0.15) is 0 Å². The molecule has 12 heavy (non-hydrogen) atoms. The predicted molar refractivity (Wildman–Crippen MR) is 46.8 cm³/mol. The first kappa shape index (κ1) is 9.17. The highest BCUT2D eigenvalue weighted by Crippen LogP contribution is 2.19. The Morgan fingerprint density at radius 3 is 2.92 bits per heavy atom. The van der Waals surface area contributed by atoms with E-state index in [4.69, 9.17) is 0 Å². The molecule has 1 rings (SSSR count). The Hall–Kier alpha value is -0.920. The van der Waals surface area contributed by atoms with Crippen LogP contribution in [-0.2, 0) is 9.59 Å². The summed E-state index contributed by atoms with van der Waals surface area (Å²) in [4.78, 5) is 22.2. The van der Waals surface area contributed by atoms with Crippen LogP contribution in [0.15, 0.2) is 12.2 Å². The van der Waals surface area contributed by atoms with Crippen LogP contribution >= 0.6 is 0 Å². The Balaban J connectivity index is 2.58. The Labute approximate surface area is 72.7 Å². The molecule has 1 fully saturated rings. The molecule has 66 valence electrons. The van der Waals surface area contributed by atoms with Crippen molar-refractivity contribution in [2.24, 2.45) is 5.92 Å². The molecule has 0 amide bonds. The summed E-state index contributed by atoms with van der Waals surface area (Å²) >= 11 is 0. The maximum absolute atomic E-state index is 11.2. The lowest BCUT2D eigenvalue weighted by Gasteiger charge is -2.15. The molecule has 1 saturated carbocycles. The molecule has 0 saturated heterocycles. The van der Waals surface area contributed by atoms with Crippen molar-refractivity contribution in [3.05, 3.63) is 12.2 Å². The van der Waals surface area contributed by atoms with Gasteiger partial charge in [0.05, 0.1) is 0 Å². The average molecular weight is 166 g/mol. The minimum atomic E-state index is -0.189. The van der Waals surface area contributed by atoms with Crippen molar-refractivity contribution in [2.45, 2.75) is 32.6 Å². The van der Waals surface area contributed by atoms with Crippen molar-refractivity contribution in [3.63, 3.8) is 0 Å². The van der Waals surface area contributed by atoms with Gasteiger partial charge in [-0.25, -0.2) is 0 Å². The zero-order chi connectivity index (χ0) is 8.97. The van der Waals surface area contributed by atoms with Gasteiger partial charge in [0, 0.05) is 12.3 Å². The van der Waals surface area contributed by atoms with Crippen LogP contribution in [0.25, 0.3) is 0 Å². The SMILES string of the molecule is CCC=CC1CCCC(=O)C1=O. The minimum Gasteiger partial charge on any atom is -0.291 e. The third-order valence-electron chi connectivity index (χ3n) is 2.13. The summed E-state index contributed by atoms with van der Waals surface area (Å²) in [7, 11) is 0. The normalized spacial score (nSPS) is 25.2. The lowest BCUT2D eigenvalue weighted by Crippen LogP contribution is -2.26. The second kappa shape index (κ2) is 4.19. The second-order valence-corrected chi connectivity index (χ2v) is 3.12. The van der Waals surface area contributed by atoms with E-state index in [0.29, 0.717) is 6.42 Å². The number of carbonyl (C=O) groups is 2. The Bertz CT molecular complexity index is 216. The highest BCUT2D eigenvalue weighted by molar-refractivity contribution is 6.38. The van der Waals surface area contributed by atoms with E-state index < -0.39 is 0 Å². The van der Waals surface area contributed by atoms with Gasteiger partial charge in [-0.1, -0.05) is 19.1 Å². The second-order valence-electron chi connectivity index (χ2n) is 3.12. The van der Waals surface area contributed by atoms with E-state index in [9.17, 15) is 9.59 Å². The maximum Gasteiger partial charge on any atom is 0.205 e. The maximum atomic E-state index is 11.2. The molecule has 0 bridgehead atoms. The fourth-order valence-electron chi connectivity index (χ4n) is 1.43. The van der Waals surface area contributed by atoms with E-state index in [1.165, 1.54) is 0 Å². The lowest BCUT2D eigenvalue weighted by atomic mass is 9.87. The van der Waals surface area contributed by atoms with E-state index >= 15 is 0 Å². The molecular weight excluding hydrogens is 152 g/mol. The fourth-order valence-corrected chi connectivity index (χ4v) is 1.43. The first-order chi connectivity index (χ1) is 5.75. The van der Waals surface area contributed by atoms with E-state index in [2.05, 4.69) is 0 Å². The van der Waals surface area contributed by atoms with Gasteiger partial charge in [-0.3, -0.25) is 9.59 Å². The lowest BCUT2D eigenvalue weighted by molar-refractivity contribution is -0.139. The zero-order valence-corrected chi connectivity index (χ0v) is 7.38. The van der Waals surface area contributed by atoms with Crippen molar-refractivity contribution in [1.29, 1.82) is 0 Å². The fraction of sp³-hybridized carbons (Fsp3) is 0.600. The summed E-state index contributed by atoms with van der Waals surface area (Å²) < 4.78 is 0. The standard InChI is InChI=1S/C10H14O2/c1-2-3-5-8-6-4-7-9(11)10(8)12/h3,5,8H,2,4,6-7H2,1H3. The highest BCUT2D eigenvalue weighted by Gasteiger charge is 2.26. The largest absolute Gasteiger partial charge is 0.291 e. The van der Waals surface area contributed by atoms with Crippen LogP contribution in [0.5, 0.6) is 0 Å². The molecule has 0 aliphatic heterocycles. The molecule has 2 heteroatoms. The molecule has 0 aromatic carbocycles. The van der Waals surface area contributed by atoms with Crippen molar-refractivity contribution >= 4 is 11.6 Å². The van der Waals surface area contributed by atoms with Gasteiger partial charge in [0.25, 0.3) is 0 Å². The topological polar surface area (TPSA) is 34.1 Å². The van der Waals surface area contributed by atoms with E-state index in [1.54, 1.807) is 0 Å². The molecule has 1 unspecified atom stereocenters. The monoisotopic (exact) mass is 166 g/mol. The van der Waals surface area contributed by atoms with Crippen LogP contribution in [0.1, 0.15) is 32.6 Å². The summed E-state index contributed by atoms with van der Waals surface area (Å²) in [6.07, 6.45) is 6.93. The molecule has 0 radical (unpaired) electrons. The molecule has 2 nitrogen and oxygen atoms in total. The number of rotatable bonds is 2. The molecule has 0 heterocycles. The third kappa shape index (κ3) is 2.03. The zero-order valence-electron chi connectivity index (χ0n) is 7.38. The van der Waals surface area contributed by atoms with E-state index in [0.717, 1.165) is 19.3 Å². The summed E-state index contributed by atoms with van der Waals surface area (Å²) in [5, 5.41) is 0. The van der Waals surface area contributed by atoms with Crippen LogP contribution < -0.4 is 0 Å². The number of allylic oxidation sites excluding steroid dienone is 2. The highest BCUT2D eigenvalue weighted by atomic mass is 16.2. The number of hydrogen-bond acceptors (Lipinski definition) is 2. The predicted octanol–water partition coefficient (Wildman–Crippen LogP) is 1.89. The van der Waals surface area contributed by atoms with Crippen LogP contribution in [-0.4, -0.2) is 11.6 Å². The van der Waals surface area contributed by atoms with Gasteiger partial charge < -0.3 is 0 Å². The summed E-state index contributed by atoms with van der Waals surface area (Å²) in [5.74, 6) is -0.496. The van der Waals surface area contributed by atoms with E-state index in [1.807, 2.05) is 19.1 Å². The molecule has 0 N–H and O–H groups in total. The number of ketones is 2.